The van der Waals surface area contributed by atoms with E-state index in [2.05, 4.69) is 49.4 Å². The summed E-state index contributed by atoms with van der Waals surface area (Å²) in [5.74, 6) is 1.01. The van der Waals surface area contributed by atoms with E-state index in [-0.39, 0.29) is 6.04 Å². The summed E-state index contributed by atoms with van der Waals surface area (Å²) in [5.41, 5.74) is 11.6. The average Bonchev–Trinajstić information content (AvgIpc) is 2.49. The van der Waals surface area contributed by atoms with Gasteiger partial charge >= 0.3 is 0 Å². The number of fused-ring (bicyclic) bond motifs is 2. The van der Waals surface area contributed by atoms with E-state index in [1.54, 1.807) is 0 Å². The van der Waals surface area contributed by atoms with E-state index < -0.39 is 0 Å². The Morgan fingerprint density at radius 3 is 2.82 bits per heavy atom. The zero-order chi connectivity index (χ0) is 11.8. The number of hydrogen-bond donors (Lipinski definition) is 1. The Bertz CT molecular complexity index is 563. The zero-order valence-electron chi connectivity index (χ0n) is 9.81. The second kappa shape index (κ2) is 4.21. The summed E-state index contributed by atoms with van der Waals surface area (Å²) in [7, 11) is 0. The van der Waals surface area contributed by atoms with Crippen molar-refractivity contribution in [1.82, 2.24) is 0 Å². The first-order valence-corrected chi connectivity index (χ1v) is 6.81. The van der Waals surface area contributed by atoms with Gasteiger partial charge in [-0.2, -0.15) is 0 Å². The molecule has 1 heterocycles. The number of nitrogens with two attached hydrogens (primary N) is 1. The highest BCUT2D eigenvalue weighted by Crippen LogP contribution is 2.38. The van der Waals surface area contributed by atoms with Gasteiger partial charge in [-0.15, -0.1) is 11.8 Å². The molecule has 86 valence electrons. The standard InChI is InChI=1S/C15H15NS/c1-10-6-7-14-13(8-10)15(16)12-5-3-2-4-11(12)9-17-14/h2-8,15H,9,16H2,1H3. The minimum atomic E-state index is 0.0103. The summed E-state index contributed by atoms with van der Waals surface area (Å²) < 4.78 is 0. The number of hydrogen-bond acceptors (Lipinski definition) is 2. The molecule has 0 amide bonds. The van der Waals surface area contributed by atoms with Crippen molar-refractivity contribution < 1.29 is 0 Å². The van der Waals surface area contributed by atoms with Gasteiger partial charge in [-0.05, 0) is 29.7 Å². The first-order chi connectivity index (χ1) is 8.25. The fourth-order valence-corrected chi connectivity index (χ4v) is 3.43. The summed E-state index contributed by atoms with van der Waals surface area (Å²) >= 11 is 1.88. The van der Waals surface area contributed by atoms with Crippen molar-refractivity contribution >= 4 is 11.8 Å². The van der Waals surface area contributed by atoms with Crippen LogP contribution in [0.25, 0.3) is 0 Å². The van der Waals surface area contributed by atoms with Gasteiger partial charge in [0.05, 0.1) is 6.04 Å². The van der Waals surface area contributed by atoms with Gasteiger partial charge in [0.1, 0.15) is 0 Å². The third-order valence-corrected chi connectivity index (χ3v) is 4.41. The molecule has 0 fully saturated rings. The molecule has 0 aliphatic carbocycles. The quantitative estimate of drug-likeness (QED) is 0.762. The molecule has 0 saturated heterocycles. The van der Waals surface area contributed by atoms with Gasteiger partial charge < -0.3 is 5.73 Å². The van der Waals surface area contributed by atoms with Crippen molar-refractivity contribution in [1.29, 1.82) is 0 Å². The molecule has 1 nitrogen and oxygen atoms in total. The van der Waals surface area contributed by atoms with Crippen LogP contribution in [0.3, 0.4) is 0 Å². The molecule has 1 aliphatic heterocycles. The first kappa shape index (κ1) is 10.9. The van der Waals surface area contributed by atoms with Gasteiger partial charge in [-0.3, -0.25) is 0 Å². The molecule has 2 N–H and O–H groups in total. The molecule has 0 bridgehead atoms. The van der Waals surface area contributed by atoms with Crippen molar-refractivity contribution in [3.8, 4) is 0 Å². The Morgan fingerprint density at radius 2 is 1.94 bits per heavy atom. The number of benzene rings is 2. The van der Waals surface area contributed by atoms with Crippen LogP contribution in [0.2, 0.25) is 0 Å². The van der Waals surface area contributed by atoms with Crippen LogP contribution in [0.15, 0.2) is 47.4 Å². The summed E-state index contributed by atoms with van der Waals surface area (Å²) in [6.07, 6.45) is 0. The highest BCUT2D eigenvalue weighted by atomic mass is 32.2. The molecule has 1 aliphatic rings. The van der Waals surface area contributed by atoms with Crippen molar-refractivity contribution in [3.05, 3.63) is 64.7 Å². The third kappa shape index (κ3) is 1.88. The molecule has 3 rings (SSSR count). The fourth-order valence-electron chi connectivity index (χ4n) is 2.33. The smallest absolute Gasteiger partial charge is 0.0565 e. The zero-order valence-corrected chi connectivity index (χ0v) is 10.6. The topological polar surface area (TPSA) is 26.0 Å². The SMILES string of the molecule is Cc1ccc2c(c1)C(N)c1ccccc1CS2. The van der Waals surface area contributed by atoms with Gasteiger partial charge in [-0.25, -0.2) is 0 Å². The predicted octanol–water partition coefficient (Wildman–Crippen LogP) is 3.65. The van der Waals surface area contributed by atoms with Crippen molar-refractivity contribution in [2.24, 2.45) is 5.73 Å². The second-order valence-corrected chi connectivity index (χ2v) is 5.52. The van der Waals surface area contributed by atoms with Crippen LogP contribution in [0, 0.1) is 6.92 Å². The largest absolute Gasteiger partial charge is 0.320 e. The summed E-state index contributed by atoms with van der Waals surface area (Å²) in [4.78, 5) is 1.32. The van der Waals surface area contributed by atoms with Crippen LogP contribution in [0.5, 0.6) is 0 Å². The van der Waals surface area contributed by atoms with Crippen LogP contribution in [-0.4, -0.2) is 0 Å². The third-order valence-electron chi connectivity index (χ3n) is 3.27. The van der Waals surface area contributed by atoms with Gasteiger partial charge in [0.25, 0.3) is 0 Å². The lowest BCUT2D eigenvalue weighted by Gasteiger charge is -2.15. The molecular formula is C15H15NS. The fraction of sp³-hybridized carbons (Fsp3) is 0.200. The van der Waals surface area contributed by atoms with Crippen LogP contribution in [0.1, 0.15) is 28.3 Å². The Kier molecular flexibility index (Phi) is 2.69. The maximum absolute atomic E-state index is 6.41. The summed E-state index contributed by atoms with van der Waals surface area (Å²) in [6.45, 7) is 2.12. The molecule has 2 heteroatoms. The molecule has 1 atom stereocenters. The van der Waals surface area contributed by atoms with E-state index in [1.807, 2.05) is 11.8 Å². The molecule has 1 unspecified atom stereocenters. The Hall–Kier alpha value is -1.25. The molecule has 0 saturated carbocycles. The molecule has 0 aromatic heterocycles. The van der Waals surface area contributed by atoms with Crippen LogP contribution >= 0.6 is 11.8 Å². The summed E-state index contributed by atoms with van der Waals surface area (Å²) in [6, 6.07) is 15.1. The lowest BCUT2D eigenvalue weighted by atomic mass is 9.95. The second-order valence-electron chi connectivity index (χ2n) is 4.51. The Balaban J connectivity index is 2.18. The van der Waals surface area contributed by atoms with Crippen LogP contribution in [0.4, 0.5) is 0 Å². The minimum Gasteiger partial charge on any atom is -0.320 e. The van der Waals surface area contributed by atoms with Crippen molar-refractivity contribution in [3.63, 3.8) is 0 Å². The number of rotatable bonds is 0. The van der Waals surface area contributed by atoms with E-state index in [4.69, 9.17) is 5.73 Å². The lowest BCUT2D eigenvalue weighted by Crippen LogP contribution is -2.13. The van der Waals surface area contributed by atoms with E-state index in [1.165, 1.54) is 27.1 Å². The monoisotopic (exact) mass is 241 g/mol. The highest BCUT2D eigenvalue weighted by molar-refractivity contribution is 7.98. The Morgan fingerprint density at radius 1 is 1.12 bits per heavy atom. The van der Waals surface area contributed by atoms with Gasteiger partial charge in [0.2, 0.25) is 0 Å². The van der Waals surface area contributed by atoms with E-state index >= 15 is 0 Å². The molecular weight excluding hydrogens is 226 g/mol. The predicted molar refractivity (Wildman–Crippen MR) is 73.2 cm³/mol. The van der Waals surface area contributed by atoms with Gasteiger partial charge in [0, 0.05) is 10.6 Å². The number of aryl methyl sites for hydroxylation is 1. The van der Waals surface area contributed by atoms with Crippen LogP contribution in [-0.2, 0) is 5.75 Å². The minimum absolute atomic E-state index is 0.0103. The lowest BCUT2D eigenvalue weighted by molar-refractivity contribution is 0.842. The summed E-state index contributed by atoms with van der Waals surface area (Å²) in [5, 5.41) is 0. The molecule has 2 aromatic rings. The van der Waals surface area contributed by atoms with E-state index in [0.29, 0.717) is 0 Å². The maximum atomic E-state index is 6.41. The number of thioether (sulfide) groups is 1. The molecule has 0 spiro atoms. The maximum Gasteiger partial charge on any atom is 0.0565 e. The average molecular weight is 241 g/mol. The van der Waals surface area contributed by atoms with Crippen molar-refractivity contribution in [2.75, 3.05) is 0 Å². The molecule has 17 heavy (non-hydrogen) atoms. The van der Waals surface area contributed by atoms with Gasteiger partial charge in [0.15, 0.2) is 0 Å². The van der Waals surface area contributed by atoms with Crippen molar-refractivity contribution in [2.45, 2.75) is 23.6 Å². The molecule has 0 radical (unpaired) electrons. The van der Waals surface area contributed by atoms with Crippen LogP contribution < -0.4 is 5.73 Å². The Labute approximate surface area is 106 Å². The van der Waals surface area contributed by atoms with E-state index in [9.17, 15) is 0 Å². The normalized spacial score (nSPS) is 18.1. The highest BCUT2D eigenvalue weighted by Gasteiger charge is 2.20. The first-order valence-electron chi connectivity index (χ1n) is 5.82. The van der Waals surface area contributed by atoms with Gasteiger partial charge in [-0.1, -0.05) is 42.0 Å². The van der Waals surface area contributed by atoms with E-state index in [0.717, 1.165) is 5.75 Å². The molecule has 2 aromatic carbocycles.